The Morgan fingerprint density at radius 1 is 1.00 bits per heavy atom. The Balaban J connectivity index is 1.85. The van der Waals surface area contributed by atoms with Crippen molar-refractivity contribution in [2.45, 2.75) is 39.7 Å². The summed E-state index contributed by atoms with van der Waals surface area (Å²) in [4.78, 5) is 37.8. The number of amides is 3. The lowest BCUT2D eigenvalue weighted by Gasteiger charge is -2.24. The van der Waals surface area contributed by atoms with E-state index in [4.69, 9.17) is 0 Å². The van der Waals surface area contributed by atoms with Crippen molar-refractivity contribution in [3.05, 3.63) is 51.7 Å². The van der Waals surface area contributed by atoms with Gasteiger partial charge in [-0.15, -0.1) is 11.3 Å². The Hall–Kier alpha value is -2.67. The molecular formula is C20H25N3O3S. The Labute approximate surface area is 163 Å². The van der Waals surface area contributed by atoms with Gasteiger partial charge in [0.2, 0.25) is 5.91 Å². The number of carbonyl (C=O) groups is 3. The lowest BCUT2D eigenvalue weighted by molar-refractivity contribution is -0.115. The first-order valence-electron chi connectivity index (χ1n) is 8.77. The molecule has 0 bridgehead atoms. The lowest BCUT2D eigenvalue weighted by Crippen LogP contribution is -2.42. The van der Waals surface area contributed by atoms with Gasteiger partial charge in [-0.05, 0) is 63.6 Å². The predicted octanol–water partition coefficient (Wildman–Crippen LogP) is 3.34. The molecule has 144 valence electrons. The zero-order valence-corrected chi connectivity index (χ0v) is 16.8. The molecule has 6 nitrogen and oxygen atoms in total. The van der Waals surface area contributed by atoms with Crippen molar-refractivity contribution in [3.63, 3.8) is 0 Å². The van der Waals surface area contributed by atoms with Crippen LogP contribution in [0.1, 0.15) is 52.1 Å². The maximum absolute atomic E-state index is 12.2. The molecule has 2 rings (SSSR count). The first-order chi connectivity index (χ1) is 12.7. The first kappa shape index (κ1) is 20.6. The summed E-state index contributed by atoms with van der Waals surface area (Å²) in [5.41, 5.74) is 0.812. The summed E-state index contributed by atoms with van der Waals surface area (Å²) in [6, 6.07) is 10.2. The maximum Gasteiger partial charge on any atom is 0.261 e. The molecule has 7 heteroatoms. The van der Waals surface area contributed by atoms with Gasteiger partial charge in [0.15, 0.2) is 0 Å². The average molecular weight is 388 g/mol. The highest BCUT2D eigenvalue weighted by molar-refractivity contribution is 7.13. The van der Waals surface area contributed by atoms with Crippen LogP contribution in [0.4, 0.5) is 5.69 Å². The summed E-state index contributed by atoms with van der Waals surface area (Å²) < 4.78 is 0. The summed E-state index contributed by atoms with van der Waals surface area (Å²) in [6.07, 6.45) is 0.823. The highest BCUT2D eigenvalue weighted by Gasteiger charge is 2.18. The van der Waals surface area contributed by atoms with Crippen molar-refractivity contribution in [2.24, 2.45) is 0 Å². The zero-order valence-electron chi connectivity index (χ0n) is 16.0. The SMILES string of the molecule is CCC(C)(C)NC(=O)c1ccc(NC(=O)CNC(=O)c2ccc(C)s2)cc1. The number of rotatable bonds is 7. The summed E-state index contributed by atoms with van der Waals surface area (Å²) in [7, 11) is 0. The third kappa shape index (κ3) is 6.21. The van der Waals surface area contributed by atoms with Gasteiger partial charge in [-0.25, -0.2) is 0 Å². The minimum absolute atomic E-state index is 0.122. The Kier molecular flexibility index (Phi) is 6.74. The first-order valence-corrected chi connectivity index (χ1v) is 9.59. The molecule has 0 spiro atoms. The third-order valence-electron chi connectivity index (χ3n) is 4.14. The molecule has 0 saturated carbocycles. The standard InChI is InChI=1S/C20H25N3O3S/c1-5-20(3,4)23-18(25)14-7-9-15(10-8-14)22-17(24)12-21-19(26)16-11-6-13(2)27-16/h6-11H,5,12H2,1-4H3,(H,21,26)(H,22,24)(H,23,25). The van der Waals surface area contributed by atoms with E-state index < -0.39 is 0 Å². The average Bonchev–Trinajstić information content (AvgIpc) is 3.06. The summed E-state index contributed by atoms with van der Waals surface area (Å²) >= 11 is 1.38. The molecule has 1 heterocycles. The number of aryl methyl sites for hydroxylation is 1. The summed E-state index contributed by atoms with van der Waals surface area (Å²) in [5, 5.41) is 8.25. The fourth-order valence-electron chi connectivity index (χ4n) is 2.18. The Morgan fingerprint density at radius 3 is 2.22 bits per heavy atom. The fraction of sp³-hybridized carbons (Fsp3) is 0.350. The van der Waals surface area contributed by atoms with Crippen LogP contribution in [0.2, 0.25) is 0 Å². The maximum atomic E-state index is 12.2. The minimum atomic E-state index is -0.332. The van der Waals surface area contributed by atoms with Crippen molar-refractivity contribution >= 4 is 34.7 Å². The molecule has 0 aliphatic carbocycles. The van der Waals surface area contributed by atoms with E-state index in [2.05, 4.69) is 16.0 Å². The molecule has 27 heavy (non-hydrogen) atoms. The highest BCUT2D eigenvalue weighted by Crippen LogP contribution is 2.15. The van der Waals surface area contributed by atoms with E-state index in [9.17, 15) is 14.4 Å². The van der Waals surface area contributed by atoms with Gasteiger partial charge in [-0.3, -0.25) is 14.4 Å². The van der Waals surface area contributed by atoms with Crippen LogP contribution in [0.3, 0.4) is 0 Å². The number of anilines is 1. The van der Waals surface area contributed by atoms with Gasteiger partial charge >= 0.3 is 0 Å². The van der Waals surface area contributed by atoms with Gasteiger partial charge in [-0.1, -0.05) is 6.92 Å². The molecule has 0 fully saturated rings. The van der Waals surface area contributed by atoms with E-state index in [0.29, 0.717) is 16.1 Å². The van der Waals surface area contributed by atoms with Crippen molar-refractivity contribution < 1.29 is 14.4 Å². The van der Waals surface area contributed by atoms with E-state index in [1.807, 2.05) is 33.8 Å². The Bertz CT molecular complexity index is 825. The minimum Gasteiger partial charge on any atom is -0.347 e. The molecule has 0 aliphatic heterocycles. The molecule has 2 aromatic rings. The smallest absolute Gasteiger partial charge is 0.261 e. The van der Waals surface area contributed by atoms with Crippen molar-refractivity contribution in [2.75, 3.05) is 11.9 Å². The second-order valence-electron chi connectivity index (χ2n) is 6.91. The monoisotopic (exact) mass is 387 g/mol. The van der Waals surface area contributed by atoms with Crippen molar-refractivity contribution in [3.8, 4) is 0 Å². The van der Waals surface area contributed by atoms with Crippen LogP contribution in [0.5, 0.6) is 0 Å². The van der Waals surface area contributed by atoms with Crippen LogP contribution in [-0.4, -0.2) is 29.8 Å². The van der Waals surface area contributed by atoms with E-state index in [-0.39, 0.29) is 29.8 Å². The second kappa shape index (κ2) is 8.81. The van der Waals surface area contributed by atoms with Crippen molar-refractivity contribution in [1.29, 1.82) is 0 Å². The van der Waals surface area contributed by atoms with Gasteiger partial charge in [0.1, 0.15) is 0 Å². The van der Waals surface area contributed by atoms with Gasteiger partial charge in [0.25, 0.3) is 11.8 Å². The molecular weight excluding hydrogens is 362 g/mol. The number of hydrogen-bond acceptors (Lipinski definition) is 4. The Morgan fingerprint density at radius 2 is 1.67 bits per heavy atom. The topological polar surface area (TPSA) is 87.3 Å². The zero-order chi connectivity index (χ0) is 20.0. The quantitative estimate of drug-likeness (QED) is 0.681. The number of nitrogens with one attached hydrogen (secondary N) is 3. The molecule has 3 N–H and O–H groups in total. The van der Waals surface area contributed by atoms with Crippen LogP contribution in [0.25, 0.3) is 0 Å². The van der Waals surface area contributed by atoms with Crippen LogP contribution in [-0.2, 0) is 4.79 Å². The normalized spacial score (nSPS) is 11.0. The van der Waals surface area contributed by atoms with Gasteiger partial charge in [-0.2, -0.15) is 0 Å². The number of carbonyl (C=O) groups excluding carboxylic acids is 3. The van der Waals surface area contributed by atoms with E-state index in [1.165, 1.54) is 11.3 Å². The van der Waals surface area contributed by atoms with E-state index in [1.54, 1.807) is 30.3 Å². The summed E-state index contributed by atoms with van der Waals surface area (Å²) in [5.74, 6) is -0.756. The van der Waals surface area contributed by atoms with Crippen LogP contribution in [0.15, 0.2) is 36.4 Å². The van der Waals surface area contributed by atoms with Crippen LogP contribution >= 0.6 is 11.3 Å². The van der Waals surface area contributed by atoms with Crippen molar-refractivity contribution in [1.82, 2.24) is 10.6 Å². The fourth-order valence-corrected chi connectivity index (χ4v) is 2.97. The number of thiophene rings is 1. The third-order valence-corrected chi connectivity index (χ3v) is 5.14. The number of benzene rings is 1. The highest BCUT2D eigenvalue weighted by atomic mass is 32.1. The van der Waals surface area contributed by atoms with Crippen LogP contribution in [0, 0.1) is 6.92 Å². The molecule has 0 unspecified atom stereocenters. The molecule has 0 aliphatic rings. The molecule has 1 aromatic carbocycles. The molecule has 0 atom stereocenters. The lowest BCUT2D eigenvalue weighted by atomic mass is 10.0. The van der Waals surface area contributed by atoms with E-state index in [0.717, 1.165) is 11.3 Å². The molecule has 0 saturated heterocycles. The van der Waals surface area contributed by atoms with Crippen LogP contribution < -0.4 is 16.0 Å². The van der Waals surface area contributed by atoms with E-state index >= 15 is 0 Å². The summed E-state index contributed by atoms with van der Waals surface area (Å²) in [6.45, 7) is 7.73. The van der Waals surface area contributed by atoms with Gasteiger partial charge in [0.05, 0.1) is 11.4 Å². The largest absolute Gasteiger partial charge is 0.347 e. The van der Waals surface area contributed by atoms with Gasteiger partial charge in [0, 0.05) is 21.7 Å². The number of hydrogen-bond donors (Lipinski definition) is 3. The predicted molar refractivity (Wildman–Crippen MR) is 108 cm³/mol. The molecule has 0 radical (unpaired) electrons. The second-order valence-corrected chi connectivity index (χ2v) is 8.20. The molecule has 3 amide bonds. The van der Waals surface area contributed by atoms with Gasteiger partial charge < -0.3 is 16.0 Å². The molecule has 1 aromatic heterocycles.